The molecule has 0 fully saturated rings. The van der Waals surface area contributed by atoms with Crippen LogP contribution in [-0.2, 0) is 17.6 Å². The molecule has 2 N–H and O–H groups in total. The van der Waals surface area contributed by atoms with Crippen LogP contribution in [0.4, 0.5) is 4.39 Å². The molecular formula is C19H22FNO3. The molecule has 0 bridgehead atoms. The van der Waals surface area contributed by atoms with Gasteiger partial charge < -0.3 is 15.2 Å². The van der Waals surface area contributed by atoms with Crippen molar-refractivity contribution in [1.29, 1.82) is 0 Å². The van der Waals surface area contributed by atoms with E-state index in [4.69, 9.17) is 4.74 Å². The van der Waals surface area contributed by atoms with E-state index < -0.39 is 6.10 Å². The summed E-state index contributed by atoms with van der Waals surface area (Å²) in [6.45, 7) is 2.21. The SMILES string of the molecule is CCc1ccc(CC(=O)NCC(O)COc2ccc(F)cc2)cc1. The lowest BCUT2D eigenvalue weighted by atomic mass is 10.1. The van der Waals surface area contributed by atoms with Crippen LogP contribution in [0.3, 0.4) is 0 Å². The first-order valence-electron chi connectivity index (χ1n) is 7.97. The first kappa shape index (κ1) is 17.9. The zero-order valence-corrected chi connectivity index (χ0v) is 13.7. The van der Waals surface area contributed by atoms with Crippen LogP contribution >= 0.6 is 0 Å². The van der Waals surface area contributed by atoms with Gasteiger partial charge in [0.25, 0.3) is 0 Å². The van der Waals surface area contributed by atoms with E-state index in [1.54, 1.807) is 0 Å². The Bertz CT molecular complexity index is 641. The number of benzene rings is 2. The highest BCUT2D eigenvalue weighted by atomic mass is 19.1. The zero-order chi connectivity index (χ0) is 17.4. The highest BCUT2D eigenvalue weighted by Crippen LogP contribution is 2.11. The minimum absolute atomic E-state index is 0.0249. The molecule has 2 aromatic carbocycles. The molecule has 0 aromatic heterocycles. The molecule has 24 heavy (non-hydrogen) atoms. The van der Waals surface area contributed by atoms with Gasteiger partial charge in [-0.2, -0.15) is 0 Å². The fourth-order valence-corrected chi connectivity index (χ4v) is 2.15. The van der Waals surface area contributed by atoms with E-state index in [0.29, 0.717) is 5.75 Å². The molecule has 0 saturated carbocycles. The summed E-state index contributed by atoms with van der Waals surface area (Å²) < 4.78 is 18.1. The summed E-state index contributed by atoms with van der Waals surface area (Å²) in [6.07, 6.45) is 0.406. The number of hydrogen-bond acceptors (Lipinski definition) is 3. The smallest absolute Gasteiger partial charge is 0.224 e. The van der Waals surface area contributed by atoms with Crippen molar-refractivity contribution < 1.29 is 19.0 Å². The molecule has 128 valence electrons. The van der Waals surface area contributed by atoms with E-state index in [0.717, 1.165) is 12.0 Å². The van der Waals surface area contributed by atoms with Crippen molar-refractivity contribution in [2.75, 3.05) is 13.2 Å². The number of nitrogens with one attached hydrogen (secondary N) is 1. The third-order valence-corrected chi connectivity index (χ3v) is 3.59. The predicted molar refractivity (Wildman–Crippen MR) is 90.4 cm³/mol. The number of amides is 1. The van der Waals surface area contributed by atoms with Crippen LogP contribution in [0.2, 0.25) is 0 Å². The molecule has 5 heteroatoms. The summed E-state index contributed by atoms with van der Waals surface area (Å²) in [7, 11) is 0. The van der Waals surface area contributed by atoms with Crippen molar-refractivity contribution in [2.24, 2.45) is 0 Å². The maximum atomic E-state index is 12.8. The third kappa shape index (κ3) is 6.01. The molecule has 0 radical (unpaired) electrons. The normalized spacial score (nSPS) is 11.8. The van der Waals surface area contributed by atoms with Gasteiger partial charge in [0.1, 0.15) is 24.3 Å². The Labute approximate surface area is 141 Å². The first-order chi connectivity index (χ1) is 11.6. The number of aliphatic hydroxyl groups excluding tert-OH is 1. The van der Waals surface area contributed by atoms with Crippen LogP contribution in [0.15, 0.2) is 48.5 Å². The van der Waals surface area contributed by atoms with E-state index in [-0.39, 0.29) is 31.3 Å². The van der Waals surface area contributed by atoms with Gasteiger partial charge in [-0.3, -0.25) is 4.79 Å². The van der Waals surface area contributed by atoms with Crippen molar-refractivity contribution >= 4 is 5.91 Å². The summed E-state index contributed by atoms with van der Waals surface area (Å²) in [5, 5.41) is 12.5. The van der Waals surface area contributed by atoms with Gasteiger partial charge in [0.2, 0.25) is 5.91 Å². The number of halogens is 1. The highest BCUT2D eigenvalue weighted by molar-refractivity contribution is 5.78. The number of aryl methyl sites for hydroxylation is 1. The Hall–Kier alpha value is -2.40. The second-order valence-corrected chi connectivity index (χ2v) is 5.57. The molecule has 0 aliphatic rings. The summed E-state index contributed by atoms with van der Waals surface area (Å²) in [4.78, 5) is 11.9. The van der Waals surface area contributed by atoms with Crippen LogP contribution in [0, 0.1) is 5.82 Å². The lowest BCUT2D eigenvalue weighted by Crippen LogP contribution is -2.36. The van der Waals surface area contributed by atoms with Crippen molar-refractivity contribution in [1.82, 2.24) is 5.32 Å². The molecule has 0 aliphatic carbocycles. The Morgan fingerprint density at radius 2 is 1.75 bits per heavy atom. The number of aliphatic hydroxyl groups is 1. The zero-order valence-electron chi connectivity index (χ0n) is 13.7. The maximum Gasteiger partial charge on any atom is 0.224 e. The van der Waals surface area contributed by atoms with Gasteiger partial charge in [-0.05, 0) is 41.8 Å². The van der Waals surface area contributed by atoms with Crippen LogP contribution in [0.5, 0.6) is 5.75 Å². The lowest BCUT2D eigenvalue weighted by molar-refractivity contribution is -0.121. The molecule has 1 amide bonds. The monoisotopic (exact) mass is 331 g/mol. The van der Waals surface area contributed by atoms with E-state index in [1.165, 1.54) is 29.8 Å². The van der Waals surface area contributed by atoms with Crippen LogP contribution in [0.1, 0.15) is 18.1 Å². The van der Waals surface area contributed by atoms with Gasteiger partial charge in [0.15, 0.2) is 0 Å². The van der Waals surface area contributed by atoms with Gasteiger partial charge in [-0.25, -0.2) is 4.39 Å². The second-order valence-electron chi connectivity index (χ2n) is 5.57. The topological polar surface area (TPSA) is 58.6 Å². The van der Waals surface area contributed by atoms with Crippen molar-refractivity contribution in [3.63, 3.8) is 0 Å². The highest BCUT2D eigenvalue weighted by Gasteiger charge is 2.09. The first-order valence-corrected chi connectivity index (χ1v) is 7.97. The number of carbonyl (C=O) groups is 1. The average Bonchev–Trinajstić information content (AvgIpc) is 2.60. The van der Waals surface area contributed by atoms with Gasteiger partial charge >= 0.3 is 0 Å². The largest absolute Gasteiger partial charge is 0.491 e. The summed E-state index contributed by atoms with van der Waals surface area (Å²) in [6, 6.07) is 13.4. The van der Waals surface area contributed by atoms with E-state index in [2.05, 4.69) is 12.2 Å². The van der Waals surface area contributed by atoms with E-state index in [9.17, 15) is 14.3 Å². The van der Waals surface area contributed by atoms with E-state index >= 15 is 0 Å². The van der Waals surface area contributed by atoms with Crippen molar-refractivity contribution in [3.8, 4) is 5.75 Å². The lowest BCUT2D eigenvalue weighted by Gasteiger charge is -2.13. The molecule has 2 rings (SSSR count). The predicted octanol–water partition coefficient (Wildman–Crippen LogP) is 2.49. The molecule has 1 atom stereocenters. The van der Waals surface area contributed by atoms with Crippen LogP contribution in [-0.4, -0.2) is 30.3 Å². The quantitative estimate of drug-likeness (QED) is 0.781. The fraction of sp³-hybridized carbons (Fsp3) is 0.316. The Morgan fingerprint density at radius 3 is 2.38 bits per heavy atom. The molecule has 1 unspecified atom stereocenters. The molecule has 4 nitrogen and oxygen atoms in total. The second kappa shape index (κ2) is 9.03. The van der Waals surface area contributed by atoms with Crippen LogP contribution in [0.25, 0.3) is 0 Å². The summed E-state index contributed by atoms with van der Waals surface area (Å²) >= 11 is 0. The molecule has 0 saturated heterocycles. The molecular weight excluding hydrogens is 309 g/mol. The van der Waals surface area contributed by atoms with Gasteiger partial charge in [0, 0.05) is 6.54 Å². The van der Waals surface area contributed by atoms with Crippen molar-refractivity contribution in [3.05, 3.63) is 65.5 Å². The Kier molecular flexibility index (Phi) is 6.75. The average molecular weight is 331 g/mol. The molecule has 0 aliphatic heterocycles. The molecule has 2 aromatic rings. The summed E-state index contributed by atoms with van der Waals surface area (Å²) in [5.74, 6) is -0.0278. The molecule has 0 spiro atoms. The fourth-order valence-electron chi connectivity index (χ4n) is 2.15. The minimum atomic E-state index is -0.832. The summed E-state index contributed by atoms with van der Waals surface area (Å²) in [5.41, 5.74) is 2.16. The number of hydrogen-bond donors (Lipinski definition) is 2. The number of rotatable bonds is 8. The maximum absolute atomic E-state index is 12.8. The number of carbonyl (C=O) groups excluding carboxylic acids is 1. The molecule has 0 heterocycles. The van der Waals surface area contributed by atoms with Gasteiger partial charge in [-0.1, -0.05) is 31.2 Å². The minimum Gasteiger partial charge on any atom is -0.491 e. The van der Waals surface area contributed by atoms with Crippen molar-refractivity contribution in [2.45, 2.75) is 25.9 Å². The Morgan fingerprint density at radius 1 is 1.12 bits per heavy atom. The van der Waals surface area contributed by atoms with Crippen LogP contribution < -0.4 is 10.1 Å². The van der Waals surface area contributed by atoms with Gasteiger partial charge in [-0.15, -0.1) is 0 Å². The van der Waals surface area contributed by atoms with E-state index in [1.807, 2.05) is 24.3 Å². The standard InChI is InChI=1S/C19H22FNO3/c1-2-14-3-5-15(6-4-14)11-19(23)21-12-17(22)13-24-18-9-7-16(20)8-10-18/h3-10,17,22H,2,11-13H2,1H3,(H,21,23). The Balaban J connectivity index is 1.69. The number of ether oxygens (including phenoxy) is 1. The third-order valence-electron chi connectivity index (χ3n) is 3.59. The van der Waals surface area contributed by atoms with Gasteiger partial charge in [0.05, 0.1) is 6.42 Å².